The lowest BCUT2D eigenvalue weighted by atomic mass is 10.0. The lowest BCUT2D eigenvalue weighted by molar-refractivity contribution is 0.402. The van der Waals surface area contributed by atoms with Crippen LogP contribution in [-0.4, -0.2) is 19.0 Å². The molecule has 0 bridgehead atoms. The van der Waals surface area contributed by atoms with Crippen LogP contribution >= 0.6 is 0 Å². The molecule has 116 valence electrons. The standard InChI is InChI=1S/C20H26N2/c1-15(2)16(3)21-20-11-9-18(10-12-20)19-8-6-7-17(13-19)14-22(4)5/h6-13,15,21H,3,14H2,1-2,4-5H3. The van der Waals surface area contributed by atoms with Gasteiger partial charge in [-0.1, -0.05) is 50.8 Å². The maximum absolute atomic E-state index is 4.05. The summed E-state index contributed by atoms with van der Waals surface area (Å²) in [7, 11) is 4.18. The smallest absolute Gasteiger partial charge is 0.0382 e. The van der Waals surface area contributed by atoms with Crippen molar-refractivity contribution in [3.63, 3.8) is 0 Å². The van der Waals surface area contributed by atoms with E-state index in [4.69, 9.17) is 0 Å². The minimum absolute atomic E-state index is 0.433. The molecule has 22 heavy (non-hydrogen) atoms. The van der Waals surface area contributed by atoms with E-state index in [1.807, 2.05) is 0 Å². The van der Waals surface area contributed by atoms with E-state index < -0.39 is 0 Å². The molecule has 0 saturated carbocycles. The lowest BCUT2D eigenvalue weighted by Crippen LogP contribution is -2.10. The third kappa shape index (κ3) is 4.47. The zero-order chi connectivity index (χ0) is 16.1. The Hall–Kier alpha value is -2.06. The predicted molar refractivity (Wildman–Crippen MR) is 96.9 cm³/mol. The van der Waals surface area contributed by atoms with E-state index in [1.165, 1.54) is 16.7 Å². The fraction of sp³-hybridized carbons (Fsp3) is 0.300. The minimum atomic E-state index is 0.433. The average Bonchev–Trinajstić information content (AvgIpc) is 2.47. The van der Waals surface area contributed by atoms with Crippen molar-refractivity contribution in [1.82, 2.24) is 4.90 Å². The van der Waals surface area contributed by atoms with Gasteiger partial charge in [0.15, 0.2) is 0 Å². The highest BCUT2D eigenvalue weighted by Crippen LogP contribution is 2.24. The molecule has 2 aromatic carbocycles. The molecule has 0 aromatic heterocycles. The monoisotopic (exact) mass is 294 g/mol. The first-order chi connectivity index (χ1) is 10.5. The van der Waals surface area contributed by atoms with Gasteiger partial charge in [0.1, 0.15) is 0 Å². The number of hydrogen-bond acceptors (Lipinski definition) is 2. The molecular formula is C20H26N2. The first kappa shape index (κ1) is 16.3. The van der Waals surface area contributed by atoms with Gasteiger partial charge in [0.25, 0.3) is 0 Å². The molecule has 2 aromatic rings. The van der Waals surface area contributed by atoms with Crippen molar-refractivity contribution in [1.29, 1.82) is 0 Å². The quantitative estimate of drug-likeness (QED) is 0.806. The van der Waals surface area contributed by atoms with Crippen LogP contribution in [0.2, 0.25) is 0 Å². The molecule has 1 N–H and O–H groups in total. The van der Waals surface area contributed by atoms with Crippen molar-refractivity contribution in [3.05, 3.63) is 66.4 Å². The van der Waals surface area contributed by atoms with Gasteiger partial charge in [0.05, 0.1) is 0 Å². The Labute approximate surface area is 134 Å². The molecule has 0 saturated heterocycles. The van der Waals surface area contributed by atoms with Crippen molar-refractivity contribution in [2.75, 3.05) is 19.4 Å². The maximum Gasteiger partial charge on any atom is 0.0382 e. The first-order valence-corrected chi connectivity index (χ1v) is 7.75. The van der Waals surface area contributed by atoms with E-state index in [1.54, 1.807) is 0 Å². The molecule has 2 nitrogen and oxygen atoms in total. The Balaban J connectivity index is 2.15. The largest absolute Gasteiger partial charge is 0.359 e. The van der Waals surface area contributed by atoms with Crippen LogP contribution in [-0.2, 0) is 6.54 Å². The Morgan fingerprint density at radius 3 is 2.32 bits per heavy atom. The number of hydrogen-bond donors (Lipinski definition) is 1. The molecule has 0 heterocycles. The topological polar surface area (TPSA) is 15.3 Å². The van der Waals surface area contributed by atoms with E-state index in [0.717, 1.165) is 17.9 Å². The number of nitrogens with zero attached hydrogens (tertiary/aromatic N) is 1. The molecule has 0 unspecified atom stereocenters. The third-order valence-electron chi connectivity index (χ3n) is 3.65. The highest BCUT2D eigenvalue weighted by molar-refractivity contribution is 5.67. The van der Waals surface area contributed by atoms with Crippen LogP contribution in [0.3, 0.4) is 0 Å². The summed E-state index contributed by atoms with van der Waals surface area (Å²) in [6, 6.07) is 17.3. The molecular weight excluding hydrogens is 268 g/mol. The normalized spacial score (nSPS) is 11.0. The summed E-state index contributed by atoms with van der Waals surface area (Å²) in [6.07, 6.45) is 0. The molecule has 0 aliphatic carbocycles. The van der Waals surface area contributed by atoms with Gasteiger partial charge < -0.3 is 10.2 Å². The number of anilines is 1. The number of nitrogens with one attached hydrogen (secondary N) is 1. The van der Waals surface area contributed by atoms with E-state index in [0.29, 0.717) is 5.92 Å². The van der Waals surface area contributed by atoms with Crippen molar-refractivity contribution in [3.8, 4) is 11.1 Å². The first-order valence-electron chi connectivity index (χ1n) is 7.75. The van der Waals surface area contributed by atoms with Crippen molar-refractivity contribution in [2.24, 2.45) is 5.92 Å². The Kier molecular flexibility index (Phi) is 5.40. The van der Waals surface area contributed by atoms with E-state index >= 15 is 0 Å². The van der Waals surface area contributed by atoms with Gasteiger partial charge >= 0.3 is 0 Å². The predicted octanol–water partition coefficient (Wildman–Crippen LogP) is 5.00. The SMILES string of the molecule is C=C(Nc1ccc(-c2cccc(CN(C)C)c2)cc1)C(C)C. The molecule has 0 aliphatic rings. The van der Waals surface area contributed by atoms with Crippen molar-refractivity contribution >= 4 is 5.69 Å². The Morgan fingerprint density at radius 1 is 1.05 bits per heavy atom. The van der Waals surface area contributed by atoms with Crippen molar-refractivity contribution in [2.45, 2.75) is 20.4 Å². The number of allylic oxidation sites excluding steroid dienone is 1. The summed E-state index contributed by atoms with van der Waals surface area (Å²) in [5, 5.41) is 3.36. The van der Waals surface area contributed by atoms with E-state index in [2.05, 4.69) is 93.3 Å². The Morgan fingerprint density at radius 2 is 1.73 bits per heavy atom. The molecule has 2 heteroatoms. The van der Waals surface area contributed by atoms with Crippen LogP contribution in [0.4, 0.5) is 5.69 Å². The van der Waals surface area contributed by atoms with Crippen LogP contribution in [0.1, 0.15) is 19.4 Å². The number of rotatable bonds is 6. The number of benzene rings is 2. The maximum atomic E-state index is 4.05. The summed E-state index contributed by atoms with van der Waals surface area (Å²) in [5.74, 6) is 0.433. The molecule has 0 spiro atoms. The summed E-state index contributed by atoms with van der Waals surface area (Å²) in [4.78, 5) is 2.18. The second-order valence-corrected chi connectivity index (χ2v) is 6.32. The third-order valence-corrected chi connectivity index (χ3v) is 3.65. The highest BCUT2D eigenvalue weighted by Gasteiger charge is 2.03. The molecule has 0 fully saturated rings. The van der Waals surface area contributed by atoms with Gasteiger partial charge in [-0.3, -0.25) is 0 Å². The summed E-state index contributed by atoms with van der Waals surface area (Å²) >= 11 is 0. The van der Waals surface area contributed by atoms with E-state index in [9.17, 15) is 0 Å². The molecule has 0 atom stereocenters. The summed E-state index contributed by atoms with van der Waals surface area (Å²) in [6.45, 7) is 9.29. The van der Waals surface area contributed by atoms with Gasteiger partial charge in [-0.15, -0.1) is 0 Å². The minimum Gasteiger partial charge on any atom is -0.359 e. The van der Waals surface area contributed by atoms with Crippen LogP contribution in [0.15, 0.2) is 60.8 Å². The lowest BCUT2D eigenvalue weighted by Gasteiger charge is -2.14. The van der Waals surface area contributed by atoms with Crippen molar-refractivity contribution < 1.29 is 0 Å². The molecule has 0 radical (unpaired) electrons. The second-order valence-electron chi connectivity index (χ2n) is 6.32. The van der Waals surface area contributed by atoms with E-state index in [-0.39, 0.29) is 0 Å². The summed E-state index contributed by atoms with van der Waals surface area (Å²) < 4.78 is 0. The summed E-state index contributed by atoms with van der Waals surface area (Å²) in [5.41, 5.74) is 5.96. The zero-order valence-electron chi connectivity index (χ0n) is 14.1. The zero-order valence-corrected chi connectivity index (χ0v) is 14.1. The van der Waals surface area contributed by atoms with Crippen LogP contribution in [0, 0.1) is 5.92 Å². The van der Waals surface area contributed by atoms with Crippen LogP contribution in [0.25, 0.3) is 11.1 Å². The van der Waals surface area contributed by atoms with Gasteiger partial charge in [-0.05, 0) is 54.9 Å². The fourth-order valence-corrected chi connectivity index (χ4v) is 2.29. The average molecular weight is 294 g/mol. The van der Waals surface area contributed by atoms with Gasteiger partial charge in [0, 0.05) is 17.9 Å². The molecule has 0 aliphatic heterocycles. The van der Waals surface area contributed by atoms with Gasteiger partial charge in [0.2, 0.25) is 0 Å². The second kappa shape index (κ2) is 7.28. The Bertz CT molecular complexity index is 624. The fourth-order valence-electron chi connectivity index (χ4n) is 2.29. The van der Waals surface area contributed by atoms with Crippen LogP contribution in [0.5, 0.6) is 0 Å². The van der Waals surface area contributed by atoms with Gasteiger partial charge in [-0.2, -0.15) is 0 Å². The highest BCUT2D eigenvalue weighted by atomic mass is 15.0. The van der Waals surface area contributed by atoms with Gasteiger partial charge in [-0.25, -0.2) is 0 Å². The molecule has 2 rings (SSSR count). The van der Waals surface area contributed by atoms with Crippen LogP contribution < -0.4 is 5.32 Å². The molecule has 0 amide bonds.